The van der Waals surface area contributed by atoms with Gasteiger partial charge in [-0.25, -0.2) is 0 Å². The summed E-state index contributed by atoms with van der Waals surface area (Å²) in [7, 11) is 0. The summed E-state index contributed by atoms with van der Waals surface area (Å²) in [4.78, 5) is 0. The Labute approximate surface area is 115 Å². The van der Waals surface area contributed by atoms with Gasteiger partial charge in [-0.15, -0.1) is 0 Å². The number of hydrogen-bond donors (Lipinski definition) is 1. The number of ether oxygens (including phenoxy) is 1. The van der Waals surface area contributed by atoms with Gasteiger partial charge in [-0.05, 0) is 41.3 Å². The van der Waals surface area contributed by atoms with Crippen LogP contribution >= 0.6 is 0 Å². The fourth-order valence-electron chi connectivity index (χ4n) is 1.93. The lowest BCUT2D eigenvalue weighted by molar-refractivity contribution is 0.321. The van der Waals surface area contributed by atoms with E-state index in [9.17, 15) is 0 Å². The van der Waals surface area contributed by atoms with Gasteiger partial charge >= 0.3 is 0 Å². The van der Waals surface area contributed by atoms with E-state index >= 15 is 0 Å². The second kappa shape index (κ2) is 6.28. The molecule has 0 unspecified atom stereocenters. The Hall–Kier alpha value is -1.96. The van der Waals surface area contributed by atoms with E-state index in [-0.39, 0.29) is 0 Å². The monoisotopic (exact) mass is 255 g/mol. The van der Waals surface area contributed by atoms with E-state index in [1.165, 1.54) is 11.1 Å². The fourth-order valence-corrected chi connectivity index (χ4v) is 1.93. The van der Waals surface area contributed by atoms with Crippen molar-refractivity contribution in [2.24, 2.45) is 0 Å². The van der Waals surface area contributed by atoms with E-state index in [1.807, 2.05) is 36.4 Å². The van der Waals surface area contributed by atoms with Crippen LogP contribution in [0.15, 0.2) is 48.5 Å². The summed E-state index contributed by atoms with van der Waals surface area (Å²) in [5.74, 6) is 1.47. The van der Waals surface area contributed by atoms with Crippen LogP contribution in [0.5, 0.6) is 5.75 Å². The molecule has 2 rings (SSSR count). The molecule has 100 valence electrons. The maximum atomic E-state index is 5.80. The second-order valence-corrected chi connectivity index (χ2v) is 5.07. The van der Waals surface area contributed by atoms with Crippen molar-refractivity contribution in [3.8, 4) is 5.75 Å². The molecule has 0 saturated carbocycles. The van der Waals surface area contributed by atoms with Crippen molar-refractivity contribution in [2.45, 2.75) is 26.2 Å². The Bertz CT molecular complexity index is 517. The van der Waals surface area contributed by atoms with Crippen LogP contribution in [0.25, 0.3) is 0 Å². The Kier molecular flexibility index (Phi) is 4.45. The molecule has 0 fully saturated rings. The Morgan fingerprint density at radius 1 is 1.05 bits per heavy atom. The van der Waals surface area contributed by atoms with E-state index in [2.05, 4.69) is 26.0 Å². The van der Waals surface area contributed by atoms with Gasteiger partial charge in [0.2, 0.25) is 0 Å². The highest BCUT2D eigenvalue weighted by Crippen LogP contribution is 2.20. The summed E-state index contributed by atoms with van der Waals surface area (Å²) in [5.41, 5.74) is 9.02. The molecule has 19 heavy (non-hydrogen) atoms. The maximum Gasteiger partial charge on any atom is 0.119 e. The van der Waals surface area contributed by atoms with Gasteiger partial charge in [0.05, 0.1) is 6.61 Å². The topological polar surface area (TPSA) is 35.2 Å². The van der Waals surface area contributed by atoms with Crippen LogP contribution in [0.2, 0.25) is 0 Å². The number of benzene rings is 2. The molecule has 0 saturated heterocycles. The van der Waals surface area contributed by atoms with Crippen molar-refractivity contribution in [3.05, 3.63) is 59.7 Å². The number of nitrogens with two attached hydrogens (primary N) is 1. The van der Waals surface area contributed by atoms with E-state index in [4.69, 9.17) is 10.5 Å². The summed E-state index contributed by atoms with van der Waals surface area (Å²) < 4.78 is 5.80. The molecule has 0 radical (unpaired) electrons. The van der Waals surface area contributed by atoms with Gasteiger partial charge in [0, 0.05) is 12.1 Å². The van der Waals surface area contributed by atoms with Crippen molar-refractivity contribution < 1.29 is 4.74 Å². The number of nitrogen functional groups attached to an aromatic ring is 1. The second-order valence-electron chi connectivity index (χ2n) is 5.07. The predicted octanol–water partition coefficient (Wildman–Crippen LogP) is 4.01. The van der Waals surface area contributed by atoms with E-state index in [1.54, 1.807) is 0 Å². The standard InChI is InChI=1S/C17H21NO/c1-13(2)15-4-3-5-17(12-15)19-11-10-14-6-8-16(18)9-7-14/h3-9,12-13H,10-11,18H2,1-2H3. The molecule has 2 aromatic rings. The van der Waals surface area contributed by atoms with Crippen molar-refractivity contribution >= 4 is 5.69 Å². The lowest BCUT2D eigenvalue weighted by atomic mass is 10.0. The van der Waals surface area contributed by atoms with Gasteiger partial charge < -0.3 is 10.5 Å². The molecular weight excluding hydrogens is 234 g/mol. The number of hydrogen-bond acceptors (Lipinski definition) is 2. The molecule has 2 N–H and O–H groups in total. The highest BCUT2D eigenvalue weighted by molar-refractivity contribution is 5.39. The molecule has 0 amide bonds. The molecule has 2 aromatic carbocycles. The fraction of sp³-hybridized carbons (Fsp3) is 0.294. The van der Waals surface area contributed by atoms with Gasteiger partial charge in [-0.2, -0.15) is 0 Å². The van der Waals surface area contributed by atoms with Crippen LogP contribution < -0.4 is 10.5 Å². The van der Waals surface area contributed by atoms with Gasteiger partial charge in [-0.3, -0.25) is 0 Å². The zero-order chi connectivity index (χ0) is 13.7. The lowest BCUT2D eigenvalue weighted by Crippen LogP contribution is -2.02. The molecule has 0 aromatic heterocycles. The minimum Gasteiger partial charge on any atom is -0.493 e. The van der Waals surface area contributed by atoms with E-state index in [0.717, 1.165) is 17.9 Å². The van der Waals surface area contributed by atoms with Crippen LogP contribution in [-0.2, 0) is 6.42 Å². The van der Waals surface area contributed by atoms with Gasteiger partial charge in [0.25, 0.3) is 0 Å². The number of rotatable bonds is 5. The highest BCUT2D eigenvalue weighted by atomic mass is 16.5. The third kappa shape index (κ3) is 4.02. The van der Waals surface area contributed by atoms with Crippen molar-refractivity contribution in [3.63, 3.8) is 0 Å². The third-order valence-electron chi connectivity index (χ3n) is 3.16. The molecule has 2 heteroatoms. The van der Waals surface area contributed by atoms with Crippen molar-refractivity contribution in [2.75, 3.05) is 12.3 Å². The highest BCUT2D eigenvalue weighted by Gasteiger charge is 2.01. The smallest absolute Gasteiger partial charge is 0.119 e. The molecule has 2 nitrogen and oxygen atoms in total. The van der Waals surface area contributed by atoms with E-state index in [0.29, 0.717) is 12.5 Å². The van der Waals surface area contributed by atoms with Gasteiger partial charge in [0.1, 0.15) is 5.75 Å². The maximum absolute atomic E-state index is 5.80. The molecule has 0 bridgehead atoms. The Morgan fingerprint density at radius 3 is 2.47 bits per heavy atom. The van der Waals surface area contributed by atoms with Crippen LogP contribution in [-0.4, -0.2) is 6.61 Å². The van der Waals surface area contributed by atoms with Crippen LogP contribution in [0.1, 0.15) is 30.9 Å². The molecule has 0 aliphatic carbocycles. The molecule has 0 aliphatic heterocycles. The average molecular weight is 255 g/mol. The first kappa shape index (κ1) is 13.5. The minimum absolute atomic E-state index is 0.528. The zero-order valence-corrected chi connectivity index (χ0v) is 11.6. The molecular formula is C17H21NO. The van der Waals surface area contributed by atoms with Gasteiger partial charge in [0.15, 0.2) is 0 Å². The number of anilines is 1. The van der Waals surface area contributed by atoms with Crippen LogP contribution in [0.4, 0.5) is 5.69 Å². The van der Waals surface area contributed by atoms with Crippen LogP contribution in [0, 0.1) is 0 Å². The summed E-state index contributed by atoms with van der Waals surface area (Å²) in [6, 6.07) is 16.3. The average Bonchev–Trinajstić information content (AvgIpc) is 2.41. The quantitative estimate of drug-likeness (QED) is 0.819. The first-order chi connectivity index (χ1) is 9.15. The normalized spacial score (nSPS) is 10.7. The van der Waals surface area contributed by atoms with Gasteiger partial charge in [-0.1, -0.05) is 38.1 Å². The molecule has 0 aliphatic rings. The molecule has 0 atom stereocenters. The van der Waals surface area contributed by atoms with Crippen molar-refractivity contribution in [1.29, 1.82) is 0 Å². The largest absolute Gasteiger partial charge is 0.493 e. The van der Waals surface area contributed by atoms with E-state index < -0.39 is 0 Å². The Morgan fingerprint density at radius 2 is 1.79 bits per heavy atom. The van der Waals surface area contributed by atoms with Crippen molar-refractivity contribution in [1.82, 2.24) is 0 Å². The summed E-state index contributed by atoms with van der Waals surface area (Å²) in [6.07, 6.45) is 0.895. The lowest BCUT2D eigenvalue weighted by Gasteiger charge is -2.10. The third-order valence-corrected chi connectivity index (χ3v) is 3.16. The first-order valence-electron chi connectivity index (χ1n) is 6.72. The summed E-state index contributed by atoms with van der Waals surface area (Å²) in [5, 5.41) is 0. The SMILES string of the molecule is CC(C)c1cccc(OCCc2ccc(N)cc2)c1. The molecule has 0 spiro atoms. The Balaban J connectivity index is 1.88. The minimum atomic E-state index is 0.528. The summed E-state index contributed by atoms with van der Waals surface area (Å²) >= 11 is 0. The summed E-state index contributed by atoms with van der Waals surface area (Å²) in [6.45, 7) is 5.06. The molecule has 0 heterocycles. The van der Waals surface area contributed by atoms with Crippen LogP contribution in [0.3, 0.4) is 0 Å². The zero-order valence-electron chi connectivity index (χ0n) is 11.6. The first-order valence-corrected chi connectivity index (χ1v) is 6.72. The predicted molar refractivity (Wildman–Crippen MR) is 80.6 cm³/mol.